The standard InChI is InChI=1S/C16H22N2O3/c1-3-4-8-13(15(19)20)17-16(21)18-11(2)10-12-7-5-6-9-14(12)18/h5-7,9,11,13H,3-4,8,10H2,1-2H3,(H,17,21)(H,19,20). The summed E-state index contributed by atoms with van der Waals surface area (Å²) in [6, 6.07) is 6.65. The van der Waals surface area contributed by atoms with E-state index >= 15 is 0 Å². The Bertz CT molecular complexity index is 530. The first-order valence-electron chi connectivity index (χ1n) is 7.45. The maximum absolute atomic E-state index is 12.4. The predicted molar refractivity (Wildman–Crippen MR) is 81.6 cm³/mol. The highest BCUT2D eigenvalue weighted by atomic mass is 16.4. The van der Waals surface area contributed by atoms with Crippen LogP contribution >= 0.6 is 0 Å². The largest absolute Gasteiger partial charge is 0.480 e. The summed E-state index contributed by atoms with van der Waals surface area (Å²) in [5, 5.41) is 11.9. The minimum absolute atomic E-state index is 0.0445. The molecule has 1 aromatic rings. The van der Waals surface area contributed by atoms with Crippen molar-refractivity contribution < 1.29 is 14.7 Å². The Morgan fingerprint density at radius 3 is 2.81 bits per heavy atom. The fourth-order valence-electron chi connectivity index (χ4n) is 2.76. The Morgan fingerprint density at radius 2 is 2.14 bits per heavy atom. The number of nitrogens with one attached hydrogen (secondary N) is 1. The van der Waals surface area contributed by atoms with Gasteiger partial charge in [-0.25, -0.2) is 9.59 Å². The van der Waals surface area contributed by atoms with Crippen molar-refractivity contribution >= 4 is 17.7 Å². The van der Waals surface area contributed by atoms with Crippen molar-refractivity contribution in [3.05, 3.63) is 29.8 Å². The molecule has 1 heterocycles. The molecule has 2 N–H and O–H groups in total. The molecular weight excluding hydrogens is 268 g/mol. The molecule has 0 aliphatic carbocycles. The smallest absolute Gasteiger partial charge is 0.326 e. The van der Waals surface area contributed by atoms with Crippen molar-refractivity contribution in [1.82, 2.24) is 5.32 Å². The normalized spacial score (nSPS) is 18.2. The second-order valence-electron chi connectivity index (χ2n) is 5.53. The van der Waals surface area contributed by atoms with Crippen molar-refractivity contribution in [3.63, 3.8) is 0 Å². The number of hydrogen-bond acceptors (Lipinski definition) is 2. The molecule has 2 unspecified atom stereocenters. The van der Waals surface area contributed by atoms with Crippen LogP contribution in [0.3, 0.4) is 0 Å². The van der Waals surface area contributed by atoms with Crippen LogP contribution in [0, 0.1) is 0 Å². The van der Waals surface area contributed by atoms with Crippen LogP contribution in [0.2, 0.25) is 0 Å². The third kappa shape index (κ3) is 3.35. The highest BCUT2D eigenvalue weighted by molar-refractivity contribution is 5.96. The molecule has 0 radical (unpaired) electrons. The second kappa shape index (κ2) is 6.61. The fourth-order valence-corrected chi connectivity index (χ4v) is 2.76. The van der Waals surface area contributed by atoms with E-state index in [1.54, 1.807) is 4.90 Å². The summed E-state index contributed by atoms with van der Waals surface area (Å²) < 4.78 is 0. The predicted octanol–water partition coefficient (Wildman–Crippen LogP) is 2.79. The van der Waals surface area contributed by atoms with Gasteiger partial charge >= 0.3 is 12.0 Å². The molecule has 0 saturated heterocycles. The minimum Gasteiger partial charge on any atom is -0.480 e. The average Bonchev–Trinajstić information content (AvgIpc) is 2.78. The molecule has 21 heavy (non-hydrogen) atoms. The molecule has 1 aliphatic rings. The quantitative estimate of drug-likeness (QED) is 0.876. The van der Waals surface area contributed by atoms with E-state index in [1.807, 2.05) is 38.1 Å². The lowest BCUT2D eigenvalue weighted by Gasteiger charge is -2.25. The van der Waals surface area contributed by atoms with Gasteiger partial charge in [-0.1, -0.05) is 38.0 Å². The van der Waals surface area contributed by atoms with Crippen LogP contribution in [0.15, 0.2) is 24.3 Å². The first-order valence-corrected chi connectivity index (χ1v) is 7.45. The Balaban J connectivity index is 2.10. The first kappa shape index (κ1) is 15.4. The summed E-state index contributed by atoms with van der Waals surface area (Å²) in [6.07, 6.45) is 2.95. The minimum atomic E-state index is -0.975. The van der Waals surface area contributed by atoms with Gasteiger partial charge in [-0.2, -0.15) is 0 Å². The molecule has 2 rings (SSSR count). The lowest BCUT2D eigenvalue weighted by atomic mass is 10.1. The highest BCUT2D eigenvalue weighted by Crippen LogP contribution is 2.31. The van der Waals surface area contributed by atoms with Gasteiger partial charge in [0.05, 0.1) is 0 Å². The SMILES string of the molecule is CCCCC(NC(=O)N1c2ccccc2CC1C)C(=O)O. The number of hydrogen-bond donors (Lipinski definition) is 2. The van der Waals surface area contributed by atoms with Crippen molar-refractivity contribution in [2.75, 3.05) is 4.90 Å². The van der Waals surface area contributed by atoms with E-state index in [1.165, 1.54) is 0 Å². The number of urea groups is 1. The van der Waals surface area contributed by atoms with E-state index < -0.39 is 12.0 Å². The number of aliphatic carboxylic acids is 1. The summed E-state index contributed by atoms with van der Waals surface area (Å²) >= 11 is 0. The summed E-state index contributed by atoms with van der Waals surface area (Å²) in [5.41, 5.74) is 2.00. The fraction of sp³-hybridized carbons (Fsp3) is 0.500. The Hall–Kier alpha value is -2.04. The number of para-hydroxylation sites is 1. The third-order valence-electron chi connectivity index (χ3n) is 3.87. The number of carboxylic acid groups (broad SMARTS) is 1. The van der Waals surface area contributed by atoms with Gasteiger partial charge < -0.3 is 10.4 Å². The number of amides is 2. The molecule has 0 saturated carbocycles. The molecule has 2 amide bonds. The van der Waals surface area contributed by atoms with Gasteiger partial charge in [-0.05, 0) is 31.4 Å². The van der Waals surface area contributed by atoms with Crippen LogP contribution in [-0.4, -0.2) is 29.2 Å². The van der Waals surface area contributed by atoms with Crippen molar-refractivity contribution in [2.24, 2.45) is 0 Å². The van der Waals surface area contributed by atoms with E-state index in [0.717, 1.165) is 30.5 Å². The van der Waals surface area contributed by atoms with Gasteiger partial charge in [0.2, 0.25) is 0 Å². The van der Waals surface area contributed by atoms with Gasteiger partial charge in [0.15, 0.2) is 0 Å². The van der Waals surface area contributed by atoms with E-state index in [4.69, 9.17) is 0 Å². The Kier molecular flexibility index (Phi) is 4.83. The van der Waals surface area contributed by atoms with Gasteiger partial charge in [0.1, 0.15) is 6.04 Å². The lowest BCUT2D eigenvalue weighted by molar-refractivity contribution is -0.139. The molecule has 2 atom stereocenters. The second-order valence-corrected chi connectivity index (χ2v) is 5.53. The van der Waals surface area contributed by atoms with E-state index in [0.29, 0.717) is 6.42 Å². The van der Waals surface area contributed by atoms with Gasteiger partial charge in [-0.15, -0.1) is 0 Å². The van der Waals surface area contributed by atoms with Gasteiger partial charge in [0, 0.05) is 11.7 Å². The van der Waals surface area contributed by atoms with Gasteiger partial charge in [0.25, 0.3) is 0 Å². The molecule has 0 bridgehead atoms. The van der Waals surface area contributed by atoms with Crippen LogP contribution in [0.4, 0.5) is 10.5 Å². The molecule has 5 heteroatoms. The molecular formula is C16H22N2O3. The molecule has 0 spiro atoms. The first-order chi connectivity index (χ1) is 10.0. The maximum Gasteiger partial charge on any atom is 0.326 e. The number of carboxylic acids is 1. The molecule has 1 aromatic carbocycles. The number of nitrogens with zero attached hydrogens (tertiary/aromatic N) is 1. The number of carbonyl (C=O) groups is 2. The number of benzene rings is 1. The monoisotopic (exact) mass is 290 g/mol. The van der Waals surface area contributed by atoms with Crippen molar-refractivity contribution in [2.45, 2.75) is 51.6 Å². The Morgan fingerprint density at radius 1 is 1.43 bits per heavy atom. The number of rotatable bonds is 5. The molecule has 0 fully saturated rings. The van der Waals surface area contributed by atoms with E-state index in [-0.39, 0.29) is 12.1 Å². The third-order valence-corrected chi connectivity index (χ3v) is 3.87. The maximum atomic E-state index is 12.4. The van der Waals surface area contributed by atoms with Crippen LogP contribution in [-0.2, 0) is 11.2 Å². The highest BCUT2D eigenvalue weighted by Gasteiger charge is 2.32. The van der Waals surface area contributed by atoms with E-state index in [2.05, 4.69) is 5.32 Å². The summed E-state index contributed by atoms with van der Waals surface area (Å²) in [4.78, 5) is 25.4. The number of fused-ring (bicyclic) bond motifs is 1. The van der Waals surface area contributed by atoms with Crippen molar-refractivity contribution in [1.29, 1.82) is 0 Å². The molecule has 0 aromatic heterocycles. The number of carbonyl (C=O) groups excluding carboxylic acids is 1. The number of anilines is 1. The average molecular weight is 290 g/mol. The van der Waals surface area contributed by atoms with Gasteiger partial charge in [-0.3, -0.25) is 4.90 Å². The molecule has 5 nitrogen and oxygen atoms in total. The van der Waals surface area contributed by atoms with Crippen LogP contribution in [0.1, 0.15) is 38.7 Å². The Labute approximate surface area is 125 Å². The topological polar surface area (TPSA) is 69.6 Å². The zero-order valence-electron chi connectivity index (χ0n) is 12.5. The number of unbranched alkanes of at least 4 members (excludes halogenated alkanes) is 1. The van der Waals surface area contributed by atoms with Crippen LogP contribution in [0.25, 0.3) is 0 Å². The lowest BCUT2D eigenvalue weighted by Crippen LogP contribution is -2.49. The van der Waals surface area contributed by atoms with E-state index in [9.17, 15) is 14.7 Å². The summed E-state index contributed by atoms with van der Waals surface area (Å²) in [6.45, 7) is 3.97. The molecule has 1 aliphatic heterocycles. The zero-order chi connectivity index (χ0) is 15.4. The molecule has 114 valence electrons. The van der Waals surface area contributed by atoms with Crippen LogP contribution < -0.4 is 10.2 Å². The van der Waals surface area contributed by atoms with Crippen LogP contribution in [0.5, 0.6) is 0 Å². The zero-order valence-corrected chi connectivity index (χ0v) is 12.5. The summed E-state index contributed by atoms with van der Waals surface area (Å²) in [7, 11) is 0. The van der Waals surface area contributed by atoms with Crippen molar-refractivity contribution in [3.8, 4) is 0 Å². The summed E-state index contributed by atoms with van der Waals surface area (Å²) in [5.74, 6) is -0.975.